The Kier molecular flexibility index (Phi) is 4.55. The second-order valence-electron chi connectivity index (χ2n) is 6.38. The number of benzene rings is 2. The SMILES string of the molecule is Clc1cccc(C2(c3nc(Cc4ccccc4)no3)CCOCC2)c1. The quantitative estimate of drug-likeness (QED) is 0.696. The largest absolute Gasteiger partial charge is 0.381 e. The minimum absolute atomic E-state index is 0.328. The molecule has 128 valence electrons. The van der Waals surface area contributed by atoms with Gasteiger partial charge in [-0.25, -0.2) is 0 Å². The third-order valence-corrected chi connectivity index (χ3v) is 5.04. The molecule has 25 heavy (non-hydrogen) atoms. The van der Waals surface area contributed by atoms with Gasteiger partial charge in [0.05, 0.1) is 5.41 Å². The lowest BCUT2D eigenvalue weighted by molar-refractivity contribution is 0.0523. The van der Waals surface area contributed by atoms with E-state index in [-0.39, 0.29) is 5.41 Å². The van der Waals surface area contributed by atoms with Crippen LogP contribution in [0, 0.1) is 0 Å². The van der Waals surface area contributed by atoms with Crippen molar-refractivity contribution in [1.82, 2.24) is 10.1 Å². The molecule has 0 amide bonds. The first-order valence-corrected chi connectivity index (χ1v) is 8.85. The van der Waals surface area contributed by atoms with E-state index in [1.54, 1.807) is 0 Å². The molecule has 1 aliphatic rings. The highest BCUT2D eigenvalue weighted by Crippen LogP contribution is 2.41. The monoisotopic (exact) mass is 354 g/mol. The van der Waals surface area contributed by atoms with Gasteiger partial charge in [-0.3, -0.25) is 0 Å². The Morgan fingerprint density at radius 3 is 2.56 bits per heavy atom. The molecule has 0 saturated carbocycles. The first-order chi connectivity index (χ1) is 12.3. The molecule has 5 heteroatoms. The summed E-state index contributed by atoms with van der Waals surface area (Å²) in [5, 5.41) is 4.93. The fourth-order valence-electron chi connectivity index (χ4n) is 3.43. The Balaban J connectivity index is 1.69. The van der Waals surface area contributed by atoms with Crippen molar-refractivity contribution in [3.8, 4) is 0 Å². The standard InChI is InChI=1S/C20H19ClN2O2/c21-17-8-4-7-16(14-17)20(9-11-24-12-10-20)19-22-18(23-25-19)13-15-5-2-1-3-6-15/h1-8,14H,9-13H2. The highest BCUT2D eigenvalue weighted by atomic mass is 35.5. The minimum atomic E-state index is -0.328. The first kappa shape index (κ1) is 16.3. The van der Waals surface area contributed by atoms with E-state index in [2.05, 4.69) is 23.4 Å². The number of halogens is 1. The lowest BCUT2D eigenvalue weighted by Gasteiger charge is -2.34. The second kappa shape index (κ2) is 6.98. The molecule has 0 bridgehead atoms. The molecule has 0 aliphatic carbocycles. The van der Waals surface area contributed by atoms with Gasteiger partial charge >= 0.3 is 0 Å². The van der Waals surface area contributed by atoms with E-state index in [1.165, 1.54) is 5.56 Å². The third kappa shape index (κ3) is 3.32. The van der Waals surface area contributed by atoms with Crippen LogP contribution < -0.4 is 0 Å². The van der Waals surface area contributed by atoms with Gasteiger partial charge in [0.2, 0.25) is 5.89 Å². The van der Waals surface area contributed by atoms with Crippen molar-refractivity contribution < 1.29 is 9.26 Å². The van der Waals surface area contributed by atoms with Crippen molar-refractivity contribution in [3.05, 3.63) is 82.5 Å². The molecular formula is C20H19ClN2O2. The van der Waals surface area contributed by atoms with E-state index < -0.39 is 0 Å². The summed E-state index contributed by atoms with van der Waals surface area (Å²) in [7, 11) is 0. The summed E-state index contributed by atoms with van der Waals surface area (Å²) in [5.41, 5.74) is 1.95. The first-order valence-electron chi connectivity index (χ1n) is 8.47. The van der Waals surface area contributed by atoms with Gasteiger partial charge in [-0.15, -0.1) is 0 Å². The molecule has 4 nitrogen and oxygen atoms in total. The van der Waals surface area contributed by atoms with Gasteiger partial charge in [-0.1, -0.05) is 59.2 Å². The van der Waals surface area contributed by atoms with E-state index in [4.69, 9.17) is 25.8 Å². The molecule has 1 fully saturated rings. The summed E-state index contributed by atoms with van der Waals surface area (Å²) in [6.45, 7) is 1.34. The van der Waals surface area contributed by atoms with E-state index in [0.29, 0.717) is 36.4 Å². The van der Waals surface area contributed by atoms with Crippen LogP contribution in [0.4, 0.5) is 0 Å². The molecular weight excluding hydrogens is 336 g/mol. The summed E-state index contributed by atoms with van der Waals surface area (Å²) < 4.78 is 11.3. The van der Waals surface area contributed by atoms with Crippen LogP contribution >= 0.6 is 11.6 Å². The number of aromatic nitrogens is 2. The van der Waals surface area contributed by atoms with Gasteiger partial charge in [0, 0.05) is 24.7 Å². The van der Waals surface area contributed by atoms with Crippen LogP contribution in [0.1, 0.15) is 35.7 Å². The summed E-state index contributed by atoms with van der Waals surface area (Å²) in [6.07, 6.45) is 2.27. The fourth-order valence-corrected chi connectivity index (χ4v) is 3.62. The lowest BCUT2D eigenvalue weighted by Crippen LogP contribution is -2.35. The van der Waals surface area contributed by atoms with Crippen molar-refractivity contribution in [2.45, 2.75) is 24.7 Å². The molecule has 0 spiro atoms. The van der Waals surface area contributed by atoms with E-state index >= 15 is 0 Å². The summed E-state index contributed by atoms with van der Waals surface area (Å²) in [5.74, 6) is 1.36. The van der Waals surface area contributed by atoms with Crippen molar-refractivity contribution in [3.63, 3.8) is 0 Å². The smallest absolute Gasteiger partial charge is 0.237 e. The van der Waals surface area contributed by atoms with Gasteiger partial charge in [-0.05, 0) is 36.1 Å². The van der Waals surface area contributed by atoms with E-state index in [9.17, 15) is 0 Å². The predicted molar refractivity (Wildman–Crippen MR) is 95.8 cm³/mol. The van der Waals surface area contributed by atoms with Crippen LogP contribution in [-0.2, 0) is 16.6 Å². The summed E-state index contributed by atoms with van der Waals surface area (Å²) >= 11 is 6.23. The zero-order valence-corrected chi connectivity index (χ0v) is 14.6. The normalized spacial score (nSPS) is 16.7. The molecule has 4 rings (SSSR count). The number of hydrogen-bond donors (Lipinski definition) is 0. The van der Waals surface area contributed by atoms with Gasteiger partial charge in [0.1, 0.15) is 0 Å². The molecule has 2 aromatic carbocycles. The van der Waals surface area contributed by atoms with Crippen molar-refractivity contribution in [2.75, 3.05) is 13.2 Å². The molecule has 0 N–H and O–H groups in total. The summed E-state index contributed by atoms with van der Waals surface area (Å²) in [4.78, 5) is 4.73. The molecule has 3 aromatic rings. The van der Waals surface area contributed by atoms with Crippen LogP contribution in [-0.4, -0.2) is 23.4 Å². The zero-order valence-electron chi connectivity index (χ0n) is 13.8. The average Bonchev–Trinajstić information content (AvgIpc) is 3.12. The van der Waals surface area contributed by atoms with Gasteiger partial charge in [-0.2, -0.15) is 4.98 Å². The lowest BCUT2D eigenvalue weighted by atomic mass is 9.74. The van der Waals surface area contributed by atoms with Crippen molar-refractivity contribution in [2.24, 2.45) is 0 Å². The Bertz CT molecular complexity index is 842. The topological polar surface area (TPSA) is 48.2 Å². The van der Waals surface area contributed by atoms with Crippen LogP contribution in [0.15, 0.2) is 59.1 Å². The van der Waals surface area contributed by atoms with Crippen LogP contribution in [0.2, 0.25) is 5.02 Å². The Hall–Kier alpha value is -2.17. The van der Waals surface area contributed by atoms with Gasteiger partial charge < -0.3 is 9.26 Å². The van der Waals surface area contributed by atoms with Crippen LogP contribution in [0.25, 0.3) is 0 Å². The maximum Gasteiger partial charge on any atom is 0.237 e. The van der Waals surface area contributed by atoms with Crippen LogP contribution in [0.3, 0.4) is 0 Å². The molecule has 2 heterocycles. The van der Waals surface area contributed by atoms with Crippen molar-refractivity contribution >= 4 is 11.6 Å². The number of ether oxygens (including phenoxy) is 1. The number of rotatable bonds is 4. The maximum absolute atomic E-state index is 6.23. The van der Waals surface area contributed by atoms with Gasteiger partial charge in [0.25, 0.3) is 0 Å². The average molecular weight is 355 g/mol. The fraction of sp³-hybridized carbons (Fsp3) is 0.300. The number of nitrogens with zero attached hydrogens (tertiary/aromatic N) is 2. The van der Waals surface area contributed by atoms with E-state index in [1.807, 2.05) is 36.4 Å². The molecule has 1 saturated heterocycles. The Morgan fingerprint density at radius 2 is 1.80 bits per heavy atom. The third-order valence-electron chi connectivity index (χ3n) is 4.81. The van der Waals surface area contributed by atoms with Crippen molar-refractivity contribution in [1.29, 1.82) is 0 Å². The Labute approximate surface area is 151 Å². The summed E-state index contributed by atoms with van der Waals surface area (Å²) in [6, 6.07) is 18.1. The number of hydrogen-bond acceptors (Lipinski definition) is 4. The van der Waals surface area contributed by atoms with Gasteiger partial charge in [0.15, 0.2) is 5.82 Å². The highest BCUT2D eigenvalue weighted by molar-refractivity contribution is 6.30. The molecule has 0 radical (unpaired) electrons. The minimum Gasteiger partial charge on any atom is -0.381 e. The molecule has 0 unspecified atom stereocenters. The maximum atomic E-state index is 6.23. The zero-order chi connectivity index (χ0) is 17.1. The van der Waals surface area contributed by atoms with E-state index in [0.717, 1.165) is 18.4 Å². The second-order valence-corrected chi connectivity index (χ2v) is 6.82. The van der Waals surface area contributed by atoms with Crippen LogP contribution in [0.5, 0.6) is 0 Å². The Morgan fingerprint density at radius 1 is 1.00 bits per heavy atom. The molecule has 1 aromatic heterocycles. The highest BCUT2D eigenvalue weighted by Gasteiger charge is 2.41. The molecule has 1 aliphatic heterocycles. The predicted octanol–water partition coefficient (Wildman–Crippen LogP) is 4.41. The molecule has 0 atom stereocenters.